The number of furan rings is 1. The number of primary amides is 1. The molecule has 3 heterocycles. The van der Waals surface area contributed by atoms with Gasteiger partial charge >= 0.3 is 0 Å². The minimum absolute atomic E-state index is 0.0268. The van der Waals surface area contributed by atoms with Gasteiger partial charge in [0.1, 0.15) is 17.8 Å². The Morgan fingerprint density at radius 2 is 1.72 bits per heavy atom. The van der Waals surface area contributed by atoms with Crippen molar-refractivity contribution in [3.63, 3.8) is 0 Å². The van der Waals surface area contributed by atoms with Crippen LogP contribution in [0.2, 0.25) is 0 Å². The van der Waals surface area contributed by atoms with Crippen molar-refractivity contribution in [3.8, 4) is 0 Å². The quantitative estimate of drug-likeness (QED) is 0.316. The predicted molar refractivity (Wildman–Crippen MR) is 154 cm³/mol. The Bertz CT molecular complexity index is 1370. The van der Waals surface area contributed by atoms with Crippen molar-refractivity contribution in [1.82, 2.24) is 26.2 Å². The van der Waals surface area contributed by atoms with Crippen molar-refractivity contribution in [2.45, 2.75) is 50.7 Å². The fraction of sp³-hybridized carbons (Fsp3) is 0.400. The van der Waals surface area contributed by atoms with E-state index in [0.29, 0.717) is 36.3 Å². The van der Waals surface area contributed by atoms with Crippen LogP contribution in [-0.4, -0.2) is 72.1 Å². The number of hydrogen-bond donors (Lipinski definition) is 5. The van der Waals surface area contributed by atoms with Crippen LogP contribution in [0.3, 0.4) is 0 Å². The van der Waals surface area contributed by atoms with Gasteiger partial charge < -0.3 is 36.3 Å². The summed E-state index contributed by atoms with van der Waals surface area (Å²) in [6, 6.07) is 8.44. The second-order valence-corrected chi connectivity index (χ2v) is 10.6. The third-order valence-corrected chi connectivity index (χ3v) is 7.43. The Kier molecular flexibility index (Phi) is 10.7. The van der Waals surface area contributed by atoms with Crippen LogP contribution in [0, 0.1) is 5.92 Å². The topological polar surface area (TPSA) is 193 Å². The highest BCUT2D eigenvalue weighted by molar-refractivity contribution is 5.97. The number of piperidine rings is 1. The molecule has 1 aromatic heterocycles. The molecule has 2 bridgehead atoms. The number of carbonyl (C=O) groups excluding carboxylic acids is 6. The first-order valence-corrected chi connectivity index (χ1v) is 14.2. The zero-order chi connectivity index (χ0) is 30.8. The van der Waals surface area contributed by atoms with Crippen molar-refractivity contribution < 1.29 is 33.2 Å². The highest BCUT2D eigenvalue weighted by Gasteiger charge is 2.31. The molecule has 3 atom stereocenters. The molecule has 1 saturated heterocycles. The molecule has 13 heteroatoms. The molecule has 2 aliphatic rings. The van der Waals surface area contributed by atoms with Crippen LogP contribution >= 0.6 is 0 Å². The molecule has 6 amide bonds. The summed E-state index contributed by atoms with van der Waals surface area (Å²) in [6.45, 7) is 0.665. The summed E-state index contributed by atoms with van der Waals surface area (Å²) < 4.78 is 5.42. The maximum absolute atomic E-state index is 13.4. The van der Waals surface area contributed by atoms with Gasteiger partial charge in [-0.2, -0.15) is 0 Å². The predicted octanol–water partition coefficient (Wildman–Crippen LogP) is -0.549. The van der Waals surface area contributed by atoms with Crippen LogP contribution in [0.5, 0.6) is 0 Å². The average molecular weight is 593 g/mol. The molecule has 13 nitrogen and oxygen atoms in total. The minimum atomic E-state index is -1.03. The van der Waals surface area contributed by atoms with E-state index in [0.717, 1.165) is 12.2 Å². The van der Waals surface area contributed by atoms with Crippen molar-refractivity contribution in [2.24, 2.45) is 11.7 Å². The molecular weight excluding hydrogens is 556 g/mol. The number of hydrogen-bond acceptors (Lipinski definition) is 7. The Morgan fingerprint density at radius 1 is 0.930 bits per heavy atom. The molecule has 0 aliphatic carbocycles. The fourth-order valence-corrected chi connectivity index (χ4v) is 5.08. The molecule has 0 unspecified atom stereocenters. The first kappa shape index (κ1) is 31.0. The minimum Gasteiger partial charge on any atom is -0.469 e. The van der Waals surface area contributed by atoms with Gasteiger partial charge in [-0.05, 0) is 42.5 Å². The Morgan fingerprint density at radius 3 is 2.47 bits per heavy atom. The highest BCUT2D eigenvalue weighted by Crippen LogP contribution is 2.18. The zero-order valence-corrected chi connectivity index (χ0v) is 23.7. The van der Waals surface area contributed by atoms with Gasteiger partial charge in [0, 0.05) is 44.8 Å². The monoisotopic (exact) mass is 592 g/mol. The van der Waals surface area contributed by atoms with E-state index >= 15 is 0 Å². The number of rotatable bonds is 3. The summed E-state index contributed by atoms with van der Waals surface area (Å²) in [5.74, 6) is -3.07. The van der Waals surface area contributed by atoms with Gasteiger partial charge in [0.2, 0.25) is 35.4 Å². The lowest BCUT2D eigenvalue weighted by molar-refractivity contribution is -0.135. The largest absolute Gasteiger partial charge is 0.469 e. The molecule has 1 aromatic carbocycles. The molecule has 228 valence electrons. The second-order valence-electron chi connectivity index (χ2n) is 10.6. The lowest BCUT2D eigenvalue weighted by Crippen LogP contribution is -2.52. The van der Waals surface area contributed by atoms with E-state index in [4.69, 9.17) is 10.2 Å². The molecular formula is C30H36N6O7. The third kappa shape index (κ3) is 9.02. The van der Waals surface area contributed by atoms with Crippen molar-refractivity contribution in [2.75, 3.05) is 19.6 Å². The van der Waals surface area contributed by atoms with Gasteiger partial charge in [0.15, 0.2) is 0 Å². The highest BCUT2D eigenvalue weighted by atomic mass is 16.3. The number of carbonyl (C=O) groups is 6. The summed E-state index contributed by atoms with van der Waals surface area (Å²) in [6.07, 6.45) is 4.87. The molecule has 43 heavy (non-hydrogen) atoms. The summed E-state index contributed by atoms with van der Waals surface area (Å²) in [5, 5.41) is 10.9. The van der Waals surface area contributed by atoms with E-state index in [-0.39, 0.29) is 44.8 Å². The standard InChI is InChI=1S/C30H36N6O7/c31-28(40)23-11-12-32-25(37)9-10-27(39)36-13-3-7-21(18-36)29(41)35-24(16-22-8-4-14-43-22)30(42)33-17-20-6-2-1-5-19(20)15-26(38)34-23/h1-2,4-6,8-10,14,21,23-24H,3,7,11-13,15-18H2,(H2,31,40)(H,32,37)(H,33,42)(H,34,38)(H,35,41)/b10-9+/t21-,23+,24+/m1/s1. The molecule has 0 spiro atoms. The smallest absolute Gasteiger partial charge is 0.246 e. The summed E-state index contributed by atoms with van der Waals surface area (Å²) in [7, 11) is 0. The molecule has 6 N–H and O–H groups in total. The Balaban J connectivity index is 1.57. The van der Waals surface area contributed by atoms with E-state index < -0.39 is 47.5 Å². The number of nitrogens with zero attached hydrogens (tertiary/aromatic N) is 1. The molecule has 0 saturated carbocycles. The number of fused-ring (bicyclic) bond motifs is 3. The fourth-order valence-electron chi connectivity index (χ4n) is 5.08. The Labute approximate surface area is 248 Å². The van der Waals surface area contributed by atoms with E-state index in [2.05, 4.69) is 21.3 Å². The first-order valence-electron chi connectivity index (χ1n) is 14.2. The maximum atomic E-state index is 13.4. The van der Waals surface area contributed by atoms with E-state index in [9.17, 15) is 28.8 Å². The number of benzene rings is 1. The lowest BCUT2D eigenvalue weighted by atomic mass is 9.96. The van der Waals surface area contributed by atoms with Crippen LogP contribution in [0.15, 0.2) is 59.2 Å². The molecule has 1 fully saturated rings. The molecule has 0 radical (unpaired) electrons. The van der Waals surface area contributed by atoms with Gasteiger partial charge in [-0.3, -0.25) is 28.8 Å². The molecule has 2 aromatic rings. The zero-order valence-electron chi connectivity index (χ0n) is 23.7. The van der Waals surface area contributed by atoms with Gasteiger partial charge in [-0.25, -0.2) is 0 Å². The summed E-state index contributed by atoms with van der Waals surface area (Å²) in [5.41, 5.74) is 6.78. The molecule has 2 aliphatic heterocycles. The number of amides is 6. The van der Waals surface area contributed by atoms with Crippen LogP contribution in [-0.2, 0) is 48.2 Å². The Hall–Kier alpha value is -4.94. The van der Waals surface area contributed by atoms with Crippen molar-refractivity contribution in [3.05, 3.63) is 71.7 Å². The van der Waals surface area contributed by atoms with E-state index in [1.165, 1.54) is 11.2 Å². The van der Waals surface area contributed by atoms with Gasteiger partial charge in [0.05, 0.1) is 18.6 Å². The van der Waals surface area contributed by atoms with Crippen LogP contribution in [0.25, 0.3) is 0 Å². The number of nitrogens with one attached hydrogen (secondary N) is 4. The van der Waals surface area contributed by atoms with Crippen LogP contribution < -0.4 is 27.0 Å². The second kappa shape index (κ2) is 14.8. The summed E-state index contributed by atoms with van der Waals surface area (Å²) >= 11 is 0. The first-order chi connectivity index (χ1) is 20.7. The van der Waals surface area contributed by atoms with Crippen molar-refractivity contribution >= 4 is 35.4 Å². The maximum Gasteiger partial charge on any atom is 0.246 e. The average Bonchev–Trinajstić information content (AvgIpc) is 3.51. The summed E-state index contributed by atoms with van der Waals surface area (Å²) in [4.78, 5) is 78.0. The van der Waals surface area contributed by atoms with Gasteiger partial charge in [0.25, 0.3) is 0 Å². The number of nitrogens with two attached hydrogens (primary N) is 1. The normalized spacial score (nSPS) is 23.8. The van der Waals surface area contributed by atoms with Gasteiger partial charge in [-0.1, -0.05) is 24.3 Å². The van der Waals surface area contributed by atoms with E-state index in [1.54, 1.807) is 36.4 Å². The third-order valence-electron chi connectivity index (χ3n) is 7.43. The van der Waals surface area contributed by atoms with Crippen LogP contribution in [0.1, 0.15) is 36.1 Å². The van der Waals surface area contributed by atoms with Crippen molar-refractivity contribution in [1.29, 1.82) is 0 Å². The van der Waals surface area contributed by atoms with E-state index in [1.807, 2.05) is 0 Å². The lowest BCUT2D eigenvalue weighted by Gasteiger charge is -2.32. The SMILES string of the molecule is NC(=O)[C@@H]1CCNC(=O)/C=C/C(=O)N2CCC[C@H](C2)C(=O)N[C@@H](Cc2ccco2)C(=O)NCc2ccccc2CC(=O)N1. The van der Waals surface area contributed by atoms with Gasteiger partial charge in [-0.15, -0.1) is 0 Å². The molecule has 4 rings (SSSR count). The van der Waals surface area contributed by atoms with Crippen LogP contribution in [0.4, 0.5) is 0 Å².